The number of para-hydroxylation sites is 1. The van der Waals surface area contributed by atoms with E-state index in [1.54, 1.807) is 35.5 Å². The molecule has 6 heteroatoms. The Morgan fingerprint density at radius 1 is 1.13 bits per heavy atom. The molecule has 0 bridgehead atoms. The van der Waals surface area contributed by atoms with Crippen LogP contribution in [0.5, 0.6) is 5.75 Å². The molecule has 5 nitrogen and oxygen atoms in total. The molecular formula is C25H26N2O3S. The number of likely N-dealkylation sites (tertiary alicyclic amines) is 1. The van der Waals surface area contributed by atoms with Crippen molar-refractivity contribution in [3.8, 4) is 16.2 Å². The van der Waals surface area contributed by atoms with Gasteiger partial charge in [-0.1, -0.05) is 42.5 Å². The fourth-order valence-electron chi connectivity index (χ4n) is 4.40. The van der Waals surface area contributed by atoms with Gasteiger partial charge in [-0.25, -0.2) is 0 Å². The second-order valence-electron chi connectivity index (χ2n) is 8.03. The van der Waals surface area contributed by atoms with Gasteiger partial charge in [0.05, 0.1) is 18.1 Å². The lowest BCUT2D eigenvalue weighted by atomic mass is 9.74. The van der Waals surface area contributed by atoms with E-state index in [-0.39, 0.29) is 11.8 Å². The highest BCUT2D eigenvalue weighted by molar-refractivity contribution is 7.13. The van der Waals surface area contributed by atoms with Crippen LogP contribution in [0.4, 0.5) is 0 Å². The summed E-state index contributed by atoms with van der Waals surface area (Å²) in [4.78, 5) is 28.9. The number of hydrogen-bond donors (Lipinski definition) is 1. The molecule has 0 unspecified atom stereocenters. The lowest BCUT2D eigenvalue weighted by molar-refractivity contribution is -0.130. The zero-order valence-corrected chi connectivity index (χ0v) is 18.4. The van der Waals surface area contributed by atoms with Crippen LogP contribution in [0.1, 0.15) is 28.8 Å². The Kier molecular flexibility index (Phi) is 6.09. The molecule has 4 rings (SSSR count). The number of ether oxygens (including phenoxy) is 1. The van der Waals surface area contributed by atoms with Gasteiger partial charge in [0.25, 0.3) is 5.91 Å². The maximum Gasteiger partial charge on any atom is 0.257 e. The first-order valence-corrected chi connectivity index (χ1v) is 11.3. The Morgan fingerprint density at radius 3 is 2.71 bits per heavy atom. The number of rotatable bonds is 6. The van der Waals surface area contributed by atoms with E-state index in [1.165, 1.54) is 4.88 Å². The summed E-state index contributed by atoms with van der Waals surface area (Å²) in [6.45, 7) is 0.906. The molecule has 0 saturated carbocycles. The monoisotopic (exact) mass is 434 g/mol. The third kappa shape index (κ3) is 4.35. The first-order valence-electron chi connectivity index (χ1n) is 10.4. The van der Waals surface area contributed by atoms with Gasteiger partial charge in [-0.05, 0) is 54.0 Å². The molecule has 2 heterocycles. The lowest BCUT2D eigenvalue weighted by Gasteiger charge is -2.41. The minimum Gasteiger partial charge on any atom is -0.496 e. The number of piperidine rings is 1. The summed E-state index contributed by atoms with van der Waals surface area (Å²) in [6, 6.07) is 19.5. The molecule has 1 saturated heterocycles. The highest BCUT2D eigenvalue weighted by Gasteiger charge is 2.42. The summed E-state index contributed by atoms with van der Waals surface area (Å²) in [5.41, 5.74) is 7.84. The van der Waals surface area contributed by atoms with Gasteiger partial charge in [-0.3, -0.25) is 9.59 Å². The van der Waals surface area contributed by atoms with Gasteiger partial charge in [0.1, 0.15) is 5.75 Å². The third-order valence-electron chi connectivity index (χ3n) is 6.00. The molecule has 1 aliphatic rings. The van der Waals surface area contributed by atoms with Crippen molar-refractivity contribution in [3.63, 3.8) is 0 Å². The summed E-state index contributed by atoms with van der Waals surface area (Å²) in [5.74, 6) is 0.0491. The zero-order chi connectivity index (χ0) is 21.8. The van der Waals surface area contributed by atoms with Crippen LogP contribution in [-0.2, 0) is 11.2 Å². The fraction of sp³-hybridized carbons (Fsp3) is 0.280. The van der Waals surface area contributed by atoms with Crippen molar-refractivity contribution in [2.24, 2.45) is 11.1 Å². The van der Waals surface area contributed by atoms with Crippen LogP contribution >= 0.6 is 11.3 Å². The summed E-state index contributed by atoms with van der Waals surface area (Å²) in [7, 11) is 1.55. The fourth-order valence-corrected chi connectivity index (χ4v) is 5.12. The van der Waals surface area contributed by atoms with Crippen molar-refractivity contribution in [3.05, 3.63) is 77.2 Å². The van der Waals surface area contributed by atoms with Crippen molar-refractivity contribution >= 4 is 23.2 Å². The smallest absolute Gasteiger partial charge is 0.257 e. The second kappa shape index (κ2) is 8.94. The van der Waals surface area contributed by atoms with Crippen LogP contribution in [0.2, 0.25) is 0 Å². The Hall–Kier alpha value is -3.12. The van der Waals surface area contributed by atoms with Crippen LogP contribution < -0.4 is 10.5 Å². The van der Waals surface area contributed by atoms with E-state index in [0.717, 1.165) is 17.5 Å². The number of nitrogens with zero attached hydrogens (tertiary/aromatic N) is 1. The topological polar surface area (TPSA) is 72.6 Å². The molecule has 2 N–H and O–H groups in total. The van der Waals surface area contributed by atoms with Crippen molar-refractivity contribution < 1.29 is 14.3 Å². The molecular weight excluding hydrogens is 408 g/mol. The van der Waals surface area contributed by atoms with Crippen molar-refractivity contribution in [1.29, 1.82) is 0 Å². The number of benzene rings is 2. The summed E-state index contributed by atoms with van der Waals surface area (Å²) >= 11 is 1.69. The number of primary amides is 1. The van der Waals surface area contributed by atoms with E-state index in [2.05, 4.69) is 23.6 Å². The largest absolute Gasteiger partial charge is 0.496 e. The second-order valence-corrected chi connectivity index (χ2v) is 8.98. The van der Waals surface area contributed by atoms with Crippen molar-refractivity contribution in [2.45, 2.75) is 19.3 Å². The zero-order valence-electron chi connectivity index (χ0n) is 17.5. The lowest BCUT2D eigenvalue weighted by Crippen LogP contribution is -2.53. The first kappa shape index (κ1) is 21.1. The van der Waals surface area contributed by atoms with Gasteiger partial charge in [0, 0.05) is 18.0 Å². The van der Waals surface area contributed by atoms with E-state index in [4.69, 9.17) is 10.5 Å². The van der Waals surface area contributed by atoms with Crippen LogP contribution in [-0.4, -0.2) is 36.9 Å². The molecule has 31 heavy (non-hydrogen) atoms. The van der Waals surface area contributed by atoms with Crippen molar-refractivity contribution in [2.75, 3.05) is 20.2 Å². The molecule has 0 spiro atoms. The van der Waals surface area contributed by atoms with E-state index >= 15 is 0 Å². The Labute approximate surface area is 186 Å². The number of carbonyl (C=O) groups is 2. The van der Waals surface area contributed by atoms with Gasteiger partial charge >= 0.3 is 0 Å². The number of thiophene rings is 1. The summed E-state index contributed by atoms with van der Waals surface area (Å²) in [5, 5.41) is 2.05. The Balaban J connectivity index is 1.60. The number of carbonyl (C=O) groups excluding carboxylic acids is 2. The first-order chi connectivity index (χ1) is 15.0. The summed E-state index contributed by atoms with van der Waals surface area (Å²) < 4.78 is 5.36. The molecule has 1 atom stereocenters. The van der Waals surface area contributed by atoms with Crippen LogP contribution in [0.15, 0.2) is 66.0 Å². The van der Waals surface area contributed by atoms with E-state index in [1.807, 2.05) is 30.3 Å². The molecule has 1 aromatic heterocycles. The van der Waals surface area contributed by atoms with E-state index in [9.17, 15) is 9.59 Å². The molecule has 2 aromatic carbocycles. The average Bonchev–Trinajstić information content (AvgIpc) is 3.34. The standard InChI is InChI=1S/C25H26N2O3S/c1-30-21-10-3-2-9-20(21)23(28)27-13-6-12-25(17-27,24(26)29)16-18-7-4-8-19(15-18)22-11-5-14-31-22/h2-5,7-11,14-15H,6,12-13,16-17H2,1H3,(H2,26,29)/t25-/m0/s1. The van der Waals surface area contributed by atoms with Gasteiger partial charge in [0.15, 0.2) is 0 Å². The van der Waals surface area contributed by atoms with E-state index < -0.39 is 5.41 Å². The molecule has 0 aliphatic carbocycles. The number of amides is 2. The third-order valence-corrected chi connectivity index (χ3v) is 6.92. The minimum absolute atomic E-state index is 0.130. The highest BCUT2D eigenvalue weighted by Crippen LogP contribution is 2.36. The van der Waals surface area contributed by atoms with Gasteiger partial charge in [-0.2, -0.15) is 0 Å². The van der Waals surface area contributed by atoms with E-state index in [0.29, 0.717) is 37.2 Å². The predicted octanol–water partition coefficient (Wildman–Crippen LogP) is 4.37. The molecule has 160 valence electrons. The van der Waals surface area contributed by atoms with Gasteiger partial charge < -0.3 is 15.4 Å². The Bertz CT molecular complexity index is 1080. The van der Waals surface area contributed by atoms with Crippen LogP contribution in [0.25, 0.3) is 10.4 Å². The number of hydrogen-bond acceptors (Lipinski definition) is 4. The molecule has 1 fully saturated rings. The maximum absolute atomic E-state index is 13.2. The molecule has 2 amide bonds. The minimum atomic E-state index is -0.788. The Morgan fingerprint density at radius 2 is 1.97 bits per heavy atom. The number of nitrogens with two attached hydrogens (primary N) is 1. The van der Waals surface area contributed by atoms with Gasteiger partial charge in [-0.15, -0.1) is 11.3 Å². The SMILES string of the molecule is COc1ccccc1C(=O)N1CCC[C@@](Cc2cccc(-c3cccs3)c2)(C(N)=O)C1. The molecule has 1 aliphatic heterocycles. The summed E-state index contributed by atoms with van der Waals surface area (Å²) in [6.07, 6.45) is 1.91. The quantitative estimate of drug-likeness (QED) is 0.626. The number of methoxy groups -OCH3 is 1. The average molecular weight is 435 g/mol. The normalized spacial score (nSPS) is 18.5. The molecule has 0 radical (unpaired) electrons. The maximum atomic E-state index is 13.2. The van der Waals surface area contributed by atoms with Crippen LogP contribution in [0, 0.1) is 5.41 Å². The van der Waals surface area contributed by atoms with Gasteiger partial charge in [0.2, 0.25) is 5.91 Å². The van der Waals surface area contributed by atoms with Crippen molar-refractivity contribution in [1.82, 2.24) is 4.90 Å². The van der Waals surface area contributed by atoms with Crippen LogP contribution in [0.3, 0.4) is 0 Å². The predicted molar refractivity (Wildman–Crippen MR) is 123 cm³/mol. The molecule has 3 aromatic rings. The highest BCUT2D eigenvalue weighted by atomic mass is 32.1.